The molecule has 0 unspecified atom stereocenters. The summed E-state index contributed by atoms with van der Waals surface area (Å²) < 4.78 is 19.1. The summed E-state index contributed by atoms with van der Waals surface area (Å²) in [6, 6.07) is 6.69. The molecule has 1 aromatic heterocycles. The third-order valence-corrected chi connectivity index (χ3v) is 6.08. The molecule has 1 amide bonds. The number of rotatable bonds is 4. The monoisotopic (exact) mass is 361 g/mol. The molecule has 2 aromatic rings. The lowest BCUT2D eigenvalue weighted by Crippen LogP contribution is -2.62. The summed E-state index contributed by atoms with van der Waals surface area (Å²) in [6.45, 7) is 4.41. The van der Waals surface area contributed by atoms with E-state index >= 15 is 0 Å². The number of hydrogen-bond donors (Lipinski definition) is 1. The third-order valence-electron chi connectivity index (χ3n) is 5.20. The fourth-order valence-electron chi connectivity index (χ4n) is 3.81. The van der Waals surface area contributed by atoms with Crippen molar-refractivity contribution in [3.8, 4) is 10.8 Å². The van der Waals surface area contributed by atoms with Crippen molar-refractivity contribution in [2.24, 2.45) is 5.92 Å². The van der Waals surface area contributed by atoms with Gasteiger partial charge in [0.25, 0.3) is 5.91 Å². The van der Waals surface area contributed by atoms with Gasteiger partial charge in [-0.3, -0.25) is 9.69 Å². The minimum atomic E-state index is -0.442. The van der Waals surface area contributed by atoms with Crippen molar-refractivity contribution < 1.29 is 13.9 Å². The smallest absolute Gasteiger partial charge is 0.280 e. The lowest BCUT2D eigenvalue weighted by molar-refractivity contribution is 0.0217. The lowest BCUT2D eigenvalue weighted by Gasteiger charge is -2.49. The zero-order valence-electron chi connectivity index (χ0n) is 13.9. The quantitative estimate of drug-likeness (QED) is 0.908. The Balaban J connectivity index is 1.43. The van der Waals surface area contributed by atoms with Gasteiger partial charge >= 0.3 is 0 Å². The lowest BCUT2D eigenvalue weighted by atomic mass is 9.79. The van der Waals surface area contributed by atoms with Crippen LogP contribution in [0.2, 0.25) is 0 Å². The van der Waals surface area contributed by atoms with E-state index in [1.807, 2.05) is 0 Å². The number of benzene rings is 1. The number of nitrogens with one attached hydrogen (secondary N) is 1. The van der Waals surface area contributed by atoms with E-state index in [2.05, 4.69) is 22.1 Å². The van der Waals surface area contributed by atoms with E-state index in [1.54, 1.807) is 18.2 Å². The van der Waals surface area contributed by atoms with E-state index < -0.39 is 5.82 Å². The second-order valence-corrected chi connectivity index (χ2v) is 7.62. The van der Waals surface area contributed by atoms with Crippen LogP contribution in [0.4, 0.5) is 4.39 Å². The molecular weight excluding hydrogens is 341 g/mol. The average Bonchev–Trinajstić information content (AvgIpc) is 3.09. The van der Waals surface area contributed by atoms with Gasteiger partial charge in [-0.25, -0.2) is 9.37 Å². The molecule has 25 heavy (non-hydrogen) atoms. The molecular formula is C18H20FN3O2S. The van der Waals surface area contributed by atoms with Gasteiger partial charge in [0.15, 0.2) is 16.6 Å². The molecule has 7 heteroatoms. The van der Waals surface area contributed by atoms with Crippen LogP contribution in [-0.4, -0.2) is 41.0 Å². The molecule has 3 aliphatic heterocycles. The van der Waals surface area contributed by atoms with Gasteiger partial charge in [0.2, 0.25) is 5.06 Å². The molecule has 0 saturated carbocycles. The molecule has 3 aliphatic rings. The Bertz CT molecular complexity index is 771. The highest BCUT2D eigenvalue weighted by atomic mass is 32.1. The molecule has 1 aromatic carbocycles. The summed E-state index contributed by atoms with van der Waals surface area (Å²) >= 11 is 1.13. The molecule has 4 heterocycles. The number of amides is 1. The van der Waals surface area contributed by atoms with Crippen molar-refractivity contribution in [3.05, 3.63) is 41.3 Å². The first kappa shape index (κ1) is 16.5. The van der Waals surface area contributed by atoms with Crippen molar-refractivity contribution >= 4 is 17.2 Å². The number of halogens is 1. The molecule has 2 bridgehead atoms. The fraction of sp³-hybridized carbons (Fsp3) is 0.444. The number of aromatic nitrogens is 1. The van der Waals surface area contributed by atoms with E-state index in [-0.39, 0.29) is 17.7 Å². The van der Waals surface area contributed by atoms with Crippen molar-refractivity contribution in [1.82, 2.24) is 15.2 Å². The number of thiazole rings is 1. The molecule has 3 fully saturated rings. The Morgan fingerprint density at radius 1 is 1.36 bits per heavy atom. The fourth-order valence-corrected chi connectivity index (χ4v) is 4.49. The van der Waals surface area contributed by atoms with Crippen LogP contribution in [0.5, 0.6) is 10.8 Å². The van der Waals surface area contributed by atoms with Crippen LogP contribution in [0, 0.1) is 11.7 Å². The van der Waals surface area contributed by atoms with Crippen LogP contribution >= 0.6 is 11.3 Å². The summed E-state index contributed by atoms with van der Waals surface area (Å²) in [5.74, 6) is 0.0455. The maximum absolute atomic E-state index is 13.7. The Morgan fingerprint density at radius 2 is 2.12 bits per heavy atom. The zero-order valence-corrected chi connectivity index (χ0v) is 14.8. The molecule has 0 aliphatic carbocycles. The third kappa shape index (κ3) is 3.26. The Kier molecular flexibility index (Phi) is 4.43. The van der Waals surface area contributed by atoms with Gasteiger partial charge in [-0.2, -0.15) is 0 Å². The first-order chi connectivity index (χ1) is 12.1. The first-order valence-electron chi connectivity index (χ1n) is 8.55. The largest absolute Gasteiger partial charge is 0.442 e. The SMILES string of the molecule is C[C@H]1[C@H](NC(=O)c2ncc(Oc3ccccc3F)s2)C2CCN1CC2. The minimum absolute atomic E-state index is 0.129. The zero-order chi connectivity index (χ0) is 17.4. The molecule has 5 nitrogen and oxygen atoms in total. The highest BCUT2D eigenvalue weighted by molar-refractivity contribution is 7.15. The Hall–Kier alpha value is -1.99. The van der Waals surface area contributed by atoms with Crippen molar-refractivity contribution in [1.29, 1.82) is 0 Å². The van der Waals surface area contributed by atoms with Crippen LogP contribution < -0.4 is 10.1 Å². The van der Waals surface area contributed by atoms with Crippen molar-refractivity contribution in [2.75, 3.05) is 13.1 Å². The van der Waals surface area contributed by atoms with Crippen molar-refractivity contribution in [3.63, 3.8) is 0 Å². The molecule has 2 atom stereocenters. The minimum Gasteiger partial charge on any atom is -0.442 e. The van der Waals surface area contributed by atoms with E-state index in [0.29, 0.717) is 22.0 Å². The van der Waals surface area contributed by atoms with Gasteiger partial charge in [-0.05, 0) is 50.9 Å². The summed E-state index contributed by atoms with van der Waals surface area (Å²) in [4.78, 5) is 19.1. The molecule has 0 spiro atoms. The number of carbonyl (C=O) groups is 1. The summed E-state index contributed by atoms with van der Waals surface area (Å²) in [7, 11) is 0. The van der Waals surface area contributed by atoms with Gasteiger partial charge < -0.3 is 10.1 Å². The number of carbonyl (C=O) groups excluding carboxylic acids is 1. The van der Waals surface area contributed by atoms with Gasteiger partial charge in [0.1, 0.15) is 0 Å². The Labute approximate surface area is 149 Å². The molecule has 1 N–H and O–H groups in total. The van der Waals surface area contributed by atoms with E-state index in [9.17, 15) is 9.18 Å². The van der Waals surface area contributed by atoms with Gasteiger partial charge in [-0.1, -0.05) is 23.5 Å². The van der Waals surface area contributed by atoms with Gasteiger partial charge in [-0.15, -0.1) is 0 Å². The number of fused-ring (bicyclic) bond motifs is 3. The summed E-state index contributed by atoms with van der Waals surface area (Å²) in [6.07, 6.45) is 3.73. The first-order valence-corrected chi connectivity index (χ1v) is 9.36. The second-order valence-electron chi connectivity index (χ2n) is 6.63. The molecule has 5 rings (SSSR count). The van der Waals surface area contributed by atoms with Crippen LogP contribution in [0.15, 0.2) is 30.5 Å². The predicted molar refractivity (Wildman–Crippen MR) is 93.6 cm³/mol. The number of nitrogens with zero attached hydrogens (tertiary/aromatic N) is 2. The number of para-hydroxylation sites is 1. The van der Waals surface area contributed by atoms with E-state index in [1.165, 1.54) is 12.3 Å². The number of piperidine rings is 3. The normalized spacial score (nSPS) is 27.9. The predicted octanol–water partition coefficient (Wildman–Crippen LogP) is 3.29. The van der Waals surface area contributed by atoms with Gasteiger partial charge in [0, 0.05) is 12.1 Å². The van der Waals surface area contributed by atoms with Crippen LogP contribution in [0.1, 0.15) is 29.6 Å². The van der Waals surface area contributed by atoms with Gasteiger partial charge in [0.05, 0.1) is 6.20 Å². The van der Waals surface area contributed by atoms with Crippen LogP contribution in [-0.2, 0) is 0 Å². The average molecular weight is 361 g/mol. The van der Waals surface area contributed by atoms with E-state index in [0.717, 1.165) is 37.3 Å². The maximum atomic E-state index is 13.7. The number of ether oxygens (including phenoxy) is 1. The molecule has 3 saturated heterocycles. The highest BCUT2D eigenvalue weighted by Gasteiger charge is 2.40. The number of hydrogen-bond acceptors (Lipinski definition) is 5. The topological polar surface area (TPSA) is 54.5 Å². The van der Waals surface area contributed by atoms with Crippen LogP contribution in [0.25, 0.3) is 0 Å². The summed E-state index contributed by atoms with van der Waals surface area (Å²) in [5, 5.41) is 3.89. The Morgan fingerprint density at radius 3 is 2.84 bits per heavy atom. The standard InChI is InChI=1S/C18H20FN3O2S/c1-11-16(12-6-8-22(11)9-7-12)21-17(23)18-20-10-15(25-18)24-14-5-3-2-4-13(14)19/h2-5,10-12,16H,6-9H2,1H3,(H,21,23)/t11-,16-/m0/s1. The van der Waals surface area contributed by atoms with Crippen LogP contribution in [0.3, 0.4) is 0 Å². The maximum Gasteiger partial charge on any atom is 0.280 e. The second kappa shape index (κ2) is 6.72. The summed E-state index contributed by atoms with van der Waals surface area (Å²) in [5.41, 5.74) is 0. The molecule has 132 valence electrons. The highest BCUT2D eigenvalue weighted by Crippen LogP contribution is 2.33. The van der Waals surface area contributed by atoms with E-state index in [4.69, 9.17) is 4.74 Å². The van der Waals surface area contributed by atoms with Crippen molar-refractivity contribution in [2.45, 2.75) is 31.8 Å². The molecule has 0 radical (unpaired) electrons.